The van der Waals surface area contributed by atoms with Gasteiger partial charge >= 0.3 is 5.69 Å². The predicted octanol–water partition coefficient (Wildman–Crippen LogP) is 17.4. The molecule has 0 aliphatic carbocycles. The number of aromatic nitrogens is 8. The lowest BCUT2D eigenvalue weighted by Crippen LogP contribution is -2.37. The van der Waals surface area contributed by atoms with Gasteiger partial charge in [-0.2, -0.15) is 0 Å². The Hall–Kier alpha value is -16.5. The van der Waals surface area contributed by atoms with Crippen LogP contribution in [0.15, 0.2) is 356 Å². The number of pyridine rings is 6. The molecule has 5 amide bonds. The zero-order valence-electron chi connectivity index (χ0n) is 78.4. The second-order valence-corrected chi connectivity index (χ2v) is 31.9. The molecule has 714 valence electrons. The molecule has 2 aliphatic heterocycles. The summed E-state index contributed by atoms with van der Waals surface area (Å²) in [5.74, 6) is -1.08. The number of aryl methyl sites for hydroxylation is 1. The number of rotatable bonds is 31. The van der Waals surface area contributed by atoms with Gasteiger partial charge in [0.25, 0.3) is 35.1 Å². The largest absolute Gasteiger partial charge is 0.497 e. The van der Waals surface area contributed by atoms with Crippen molar-refractivity contribution >= 4 is 79.4 Å². The Bertz CT molecular complexity index is 6800. The van der Waals surface area contributed by atoms with Crippen LogP contribution in [-0.4, -0.2) is 138 Å². The lowest BCUT2D eigenvalue weighted by Gasteiger charge is -2.22. The van der Waals surface area contributed by atoms with E-state index in [0.717, 1.165) is 114 Å². The minimum Gasteiger partial charge on any atom is -0.497 e. The molecule has 9 aromatic carbocycles. The molecule has 2 aliphatic rings. The van der Waals surface area contributed by atoms with E-state index in [1.165, 1.54) is 66.6 Å². The average Bonchev–Trinajstić information content (AvgIpc) is 0.834. The quantitative estimate of drug-likeness (QED) is 0.0268. The van der Waals surface area contributed by atoms with Gasteiger partial charge in [-0.1, -0.05) is 249 Å². The SMILES string of the molecule is CCOCC(=O)c1ccc2c(=O)n(C)c(=O)n(C)c2n1.CCONC(=O)c1ccc(-c2ccccc2)cn1.COc1ccc2nc(C(=O)NOCc3ccccc3)ccc2c1.O=C(NOCc1ccccc1)c1ccc(N2CCCC2)cn1.O=C(c1cc2ccccc2cn1)N(Cc1ccccc1)OCc1ccccc1.O=C(c1ccc(N2CCCC2)cn1)N(Cc1ccccc1)OCc1ccccc1. The van der Waals surface area contributed by atoms with Gasteiger partial charge in [-0.3, -0.25) is 76.9 Å². The maximum atomic E-state index is 13.2. The Morgan fingerprint density at radius 3 is 1.27 bits per heavy atom. The van der Waals surface area contributed by atoms with Gasteiger partial charge in [-0.05, 0) is 157 Å². The number of anilines is 2. The number of carbonyl (C=O) groups is 6. The zero-order valence-corrected chi connectivity index (χ0v) is 78.4. The van der Waals surface area contributed by atoms with Crippen LogP contribution in [0.5, 0.6) is 5.75 Å². The molecule has 3 N–H and O–H groups in total. The van der Waals surface area contributed by atoms with Crippen molar-refractivity contribution in [2.24, 2.45) is 14.1 Å². The van der Waals surface area contributed by atoms with E-state index in [0.29, 0.717) is 86.6 Å². The van der Waals surface area contributed by atoms with Gasteiger partial charge in [-0.25, -0.2) is 51.3 Å². The fraction of sp³-hybridized carbons (Fsp3) is 0.200. The first-order chi connectivity index (χ1) is 68.4. The molecule has 18 rings (SSSR count). The molecule has 30 nitrogen and oxygen atoms in total. The molecule has 140 heavy (non-hydrogen) atoms. The van der Waals surface area contributed by atoms with Crippen LogP contribution in [0.1, 0.15) is 136 Å². The molecular formula is C110H109N15O15. The van der Waals surface area contributed by atoms with Gasteiger partial charge in [0.05, 0.1) is 74.7 Å². The first-order valence-corrected chi connectivity index (χ1v) is 45.8. The molecule has 2 fully saturated rings. The molecular weight excluding hydrogens is 1770 g/mol. The van der Waals surface area contributed by atoms with Gasteiger partial charge in [0, 0.05) is 75.6 Å². The highest BCUT2D eigenvalue weighted by Crippen LogP contribution is 2.26. The van der Waals surface area contributed by atoms with Crippen LogP contribution >= 0.6 is 0 Å². The number of carbonyl (C=O) groups excluding carboxylic acids is 6. The van der Waals surface area contributed by atoms with Crippen LogP contribution in [0.4, 0.5) is 11.4 Å². The molecule has 30 heteroatoms. The summed E-state index contributed by atoms with van der Waals surface area (Å²) in [5, 5.41) is 5.97. The van der Waals surface area contributed by atoms with Crippen molar-refractivity contribution in [3.05, 3.63) is 435 Å². The zero-order chi connectivity index (χ0) is 98.0. The van der Waals surface area contributed by atoms with Crippen LogP contribution in [0.2, 0.25) is 0 Å². The molecule has 0 unspecified atom stereocenters. The first kappa shape index (κ1) is 101. The third-order valence-electron chi connectivity index (χ3n) is 22.0. The second-order valence-electron chi connectivity index (χ2n) is 31.9. The summed E-state index contributed by atoms with van der Waals surface area (Å²) in [4.78, 5) is 155. The van der Waals surface area contributed by atoms with Crippen molar-refractivity contribution in [2.75, 3.05) is 62.9 Å². The summed E-state index contributed by atoms with van der Waals surface area (Å²) in [5.41, 5.74) is 19.2. The summed E-state index contributed by atoms with van der Waals surface area (Å²) < 4.78 is 12.5. The minimum absolute atomic E-state index is 0.0756. The number of hydrogen-bond acceptors (Lipinski definition) is 23. The Morgan fingerprint density at radius 2 is 0.793 bits per heavy atom. The lowest BCUT2D eigenvalue weighted by atomic mass is 10.1. The summed E-state index contributed by atoms with van der Waals surface area (Å²) in [6.07, 6.45) is 11.8. The van der Waals surface area contributed by atoms with Crippen molar-refractivity contribution in [3.8, 4) is 16.9 Å². The summed E-state index contributed by atoms with van der Waals surface area (Å²) in [6, 6.07) is 101. The molecule has 16 aromatic rings. The number of Topliss-reactive ketones (excluding diaryl/α,β-unsaturated/α-hetero) is 1. The third kappa shape index (κ3) is 30.0. The van der Waals surface area contributed by atoms with Crippen LogP contribution in [0.25, 0.3) is 43.8 Å². The highest BCUT2D eigenvalue weighted by molar-refractivity contribution is 5.98. The fourth-order valence-corrected chi connectivity index (χ4v) is 14.5. The van der Waals surface area contributed by atoms with E-state index in [2.05, 4.69) is 56.1 Å². The normalized spacial score (nSPS) is 11.7. The predicted molar refractivity (Wildman–Crippen MR) is 536 cm³/mol. The number of hydroxylamine groups is 7. The standard InChI is InChI=1S/C24H25N3O2.C24H20N2O2.C18H16N2O3.C17H19N3O2.C14H14N2O2.C13H15N3O4/c28-24(23-14-13-22(17-25-23)26-15-7-8-16-26)27(18-20-9-3-1-4-10-20)29-19-21-11-5-2-6-12-21;27-24(23-15-21-13-7-8-14-22(21)16-25-23)26(17-19-9-3-1-4-10-19)28-18-20-11-5-2-6-12-20;1-22-15-8-10-16-14(11-15)7-9-17(19-16)18(21)20-23-12-13-5-3-2-4-6-13;21-17(19-22-13-14-6-2-1-3-7-14)16-9-8-15(12-18-16)20-10-4-5-11-20;1-2-18-16-14(17)13-9-8-12(10-15-13)11-6-4-3-5-7-11;1-4-20-7-10(17)9-6-5-8-11(14-9)15(2)13(19)16(3)12(8)18/h1-6,9-14,17H,7-8,15-16,18-19H2;1-16H,17-18H2;2-11H,12H2,1H3,(H,20,21);1-3,6-9,12H,4-5,10-11,13H2,(H,19,21);3-10H,2H2,1H3,(H,16,17);5-6H,4,7H2,1-3H3. The summed E-state index contributed by atoms with van der Waals surface area (Å²) in [6.45, 7) is 10.6. The third-order valence-corrected chi connectivity index (χ3v) is 22.0. The highest BCUT2D eigenvalue weighted by atomic mass is 16.7. The average molecular weight is 1880 g/mol. The number of nitrogens with zero attached hydrogens (tertiary/aromatic N) is 12. The van der Waals surface area contributed by atoms with E-state index >= 15 is 0 Å². The Labute approximate surface area is 810 Å². The molecule has 7 aromatic heterocycles. The van der Waals surface area contributed by atoms with Crippen molar-refractivity contribution in [3.63, 3.8) is 0 Å². The van der Waals surface area contributed by atoms with Crippen LogP contribution in [-0.2, 0) is 82.5 Å². The fourth-order valence-electron chi connectivity index (χ4n) is 14.5. The maximum absolute atomic E-state index is 13.2. The number of amides is 5. The number of fused-ring (bicyclic) bond motifs is 3. The Kier molecular flexibility index (Phi) is 38.3. The maximum Gasteiger partial charge on any atom is 0.332 e. The van der Waals surface area contributed by atoms with E-state index in [-0.39, 0.29) is 53.3 Å². The Balaban J connectivity index is 0.000000143. The molecule has 0 bridgehead atoms. The number of hydrogen-bond donors (Lipinski definition) is 3. The summed E-state index contributed by atoms with van der Waals surface area (Å²) >= 11 is 0. The minimum atomic E-state index is -0.482. The van der Waals surface area contributed by atoms with Gasteiger partial charge in [0.15, 0.2) is 0 Å². The monoisotopic (exact) mass is 1880 g/mol. The van der Waals surface area contributed by atoms with Gasteiger partial charge in [0.1, 0.15) is 65.4 Å². The molecule has 0 saturated carbocycles. The van der Waals surface area contributed by atoms with Crippen molar-refractivity contribution in [2.45, 2.75) is 79.0 Å². The molecule has 0 spiro atoms. The molecule has 0 radical (unpaired) electrons. The van der Waals surface area contributed by atoms with Crippen molar-refractivity contribution in [1.29, 1.82) is 0 Å². The van der Waals surface area contributed by atoms with Gasteiger partial charge < -0.3 is 19.3 Å². The number of nitrogens with one attached hydrogen (secondary N) is 3. The lowest BCUT2D eigenvalue weighted by molar-refractivity contribution is -0.140. The van der Waals surface area contributed by atoms with Crippen LogP contribution in [0, 0.1) is 0 Å². The highest BCUT2D eigenvalue weighted by Gasteiger charge is 2.24. The van der Waals surface area contributed by atoms with E-state index in [9.17, 15) is 38.4 Å². The topological polar surface area (TPSA) is 337 Å². The van der Waals surface area contributed by atoms with E-state index in [1.807, 2.05) is 285 Å². The van der Waals surface area contributed by atoms with E-state index in [1.54, 1.807) is 70.0 Å². The Morgan fingerprint density at radius 1 is 0.364 bits per heavy atom. The smallest absolute Gasteiger partial charge is 0.332 e. The van der Waals surface area contributed by atoms with Gasteiger partial charge in [-0.15, -0.1) is 0 Å². The van der Waals surface area contributed by atoms with E-state index < -0.39 is 11.2 Å². The number of benzene rings is 9. The second kappa shape index (κ2) is 53.1. The number of ether oxygens (including phenoxy) is 2. The first-order valence-electron chi connectivity index (χ1n) is 45.8. The van der Waals surface area contributed by atoms with Crippen LogP contribution < -0.4 is 42.2 Å². The number of ketones is 1. The molecule has 2 saturated heterocycles. The van der Waals surface area contributed by atoms with Crippen molar-refractivity contribution in [1.82, 2.24) is 65.6 Å². The molecule has 0 atom stereocenters. The summed E-state index contributed by atoms with van der Waals surface area (Å²) in [7, 11) is 4.52. The van der Waals surface area contributed by atoms with Crippen LogP contribution in [0.3, 0.4) is 0 Å². The molecule has 9 heterocycles. The number of methoxy groups -OCH3 is 1. The van der Waals surface area contributed by atoms with E-state index in [4.69, 9.17) is 33.7 Å². The van der Waals surface area contributed by atoms with Crippen molar-refractivity contribution < 1.29 is 62.4 Å². The van der Waals surface area contributed by atoms with Gasteiger partial charge in [0.2, 0.25) is 5.78 Å².